The Kier molecular flexibility index (Phi) is 5.05. The highest BCUT2D eigenvalue weighted by atomic mass is 35.5. The molecule has 29 heavy (non-hydrogen) atoms. The second-order valence-corrected chi connectivity index (χ2v) is 6.93. The number of hydrogen-bond donors (Lipinski definition) is 2. The lowest BCUT2D eigenvalue weighted by molar-refractivity contribution is 0.0996. The third-order valence-electron chi connectivity index (χ3n) is 4.30. The molecule has 0 fully saturated rings. The largest absolute Gasteiger partial charge is 0.459 e. The number of halogens is 1. The number of benzene rings is 1. The molecule has 0 aliphatic rings. The fraction of sp³-hybridized carbons (Fsp3) is 0.0952. The van der Waals surface area contributed by atoms with Crippen molar-refractivity contribution in [2.24, 2.45) is 0 Å². The quantitative estimate of drug-likeness (QED) is 0.518. The molecule has 146 valence electrons. The predicted octanol–water partition coefficient (Wildman–Crippen LogP) is 4.11. The minimum Gasteiger partial charge on any atom is -0.459 e. The summed E-state index contributed by atoms with van der Waals surface area (Å²) in [5.41, 5.74) is 3.11. The summed E-state index contributed by atoms with van der Waals surface area (Å²) >= 11 is 6.08. The summed E-state index contributed by atoms with van der Waals surface area (Å²) in [7, 11) is 0. The number of furan rings is 1. The van der Waals surface area contributed by atoms with Crippen molar-refractivity contribution in [3.63, 3.8) is 0 Å². The number of hydrogen-bond acceptors (Lipinski definition) is 5. The van der Waals surface area contributed by atoms with E-state index in [4.69, 9.17) is 16.0 Å². The number of rotatable bonds is 5. The Bertz CT molecular complexity index is 1250. The first-order valence-corrected chi connectivity index (χ1v) is 9.24. The van der Waals surface area contributed by atoms with E-state index in [9.17, 15) is 9.59 Å². The summed E-state index contributed by atoms with van der Waals surface area (Å²) in [5, 5.41) is 6.44. The molecule has 0 spiro atoms. The molecule has 0 aliphatic carbocycles. The zero-order chi connectivity index (χ0) is 20.4. The van der Waals surface area contributed by atoms with Gasteiger partial charge in [-0.25, -0.2) is 4.98 Å². The molecule has 0 saturated carbocycles. The van der Waals surface area contributed by atoms with E-state index in [-0.39, 0.29) is 11.3 Å². The molecule has 2 N–H and O–H groups in total. The Labute approximate surface area is 171 Å². The number of carbonyl (C=O) groups excluding carboxylic acids is 1. The van der Waals surface area contributed by atoms with Gasteiger partial charge in [0.05, 0.1) is 29.9 Å². The summed E-state index contributed by atoms with van der Waals surface area (Å²) in [6.45, 7) is 2.21. The lowest BCUT2D eigenvalue weighted by atomic mass is 10.2. The average Bonchev–Trinajstić information content (AvgIpc) is 3.23. The number of aryl methyl sites for hydroxylation is 1. The van der Waals surface area contributed by atoms with E-state index in [1.807, 2.05) is 13.0 Å². The van der Waals surface area contributed by atoms with Crippen LogP contribution in [0.3, 0.4) is 0 Å². The summed E-state index contributed by atoms with van der Waals surface area (Å²) in [6, 6.07) is 13.5. The molecule has 1 amide bonds. The van der Waals surface area contributed by atoms with Crippen LogP contribution in [-0.2, 0) is 6.54 Å². The Morgan fingerprint density at radius 1 is 1.17 bits per heavy atom. The zero-order valence-electron chi connectivity index (χ0n) is 15.5. The van der Waals surface area contributed by atoms with Gasteiger partial charge in [0.25, 0.3) is 11.5 Å². The van der Waals surface area contributed by atoms with Crippen LogP contribution in [0.5, 0.6) is 0 Å². The van der Waals surface area contributed by atoms with Crippen molar-refractivity contribution >= 4 is 34.5 Å². The number of anilines is 2. The molecule has 4 aromatic rings. The van der Waals surface area contributed by atoms with Crippen LogP contribution in [0.15, 0.2) is 70.2 Å². The molecule has 0 bridgehead atoms. The molecule has 8 heteroatoms. The van der Waals surface area contributed by atoms with Crippen LogP contribution >= 0.6 is 11.6 Å². The van der Waals surface area contributed by atoms with Gasteiger partial charge in [0.2, 0.25) is 0 Å². The first-order valence-electron chi connectivity index (χ1n) is 8.87. The molecule has 4 rings (SSSR count). The van der Waals surface area contributed by atoms with Gasteiger partial charge < -0.3 is 15.1 Å². The van der Waals surface area contributed by atoms with Crippen LogP contribution in [0.4, 0.5) is 11.4 Å². The number of amides is 1. The van der Waals surface area contributed by atoms with Crippen molar-refractivity contribution in [2.45, 2.75) is 13.5 Å². The molecule has 3 heterocycles. The number of nitrogens with zero attached hydrogens (tertiary/aromatic N) is 2. The minimum absolute atomic E-state index is 0.155. The summed E-state index contributed by atoms with van der Waals surface area (Å²) in [6.07, 6.45) is 3.18. The third-order valence-corrected chi connectivity index (χ3v) is 4.53. The molecular formula is C21H17ClN4O3. The zero-order valence-corrected chi connectivity index (χ0v) is 16.2. The average molecular weight is 409 g/mol. The lowest BCUT2D eigenvalue weighted by Gasteiger charge is -2.13. The fourth-order valence-electron chi connectivity index (χ4n) is 2.90. The number of nitrogens with one attached hydrogen (secondary N) is 2. The number of fused-ring (bicyclic) bond motifs is 1. The molecule has 0 aliphatic heterocycles. The smallest absolute Gasteiger partial charge is 0.291 e. The van der Waals surface area contributed by atoms with Gasteiger partial charge in [-0.05, 0) is 48.9 Å². The van der Waals surface area contributed by atoms with E-state index >= 15 is 0 Å². The first kappa shape index (κ1) is 18.8. The van der Waals surface area contributed by atoms with Crippen molar-refractivity contribution in [3.8, 4) is 0 Å². The molecule has 0 atom stereocenters. The van der Waals surface area contributed by atoms with E-state index in [0.717, 1.165) is 5.56 Å². The van der Waals surface area contributed by atoms with Gasteiger partial charge in [0, 0.05) is 17.3 Å². The van der Waals surface area contributed by atoms with Crippen molar-refractivity contribution < 1.29 is 9.21 Å². The van der Waals surface area contributed by atoms with Crippen molar-refractivity contribution in [1.29, 1.82) is 0 Å². The van der Waals surface area contributed by atoms with Gasteiger partial charge >= 0.3 is 0 Å². The van der Waals surface area contributed by atoms with Crippen LogP contribution in [0.25, 0.3) is 5.65 Å². The fourth-order valence-corrected chi connectivity index (χ4v) is 3.07. The van der Waals surface area contributed by atoms with Crippen molar-refractivity contribution in [2.75, 3.05) is 10.6 Å². The highest BCUT2D eigenvalue weighted by molar-refractivity contribution is 6.31. The van der Waals surface area contributed by atoms with E-state index < -0.39 is 5.91 Å². The van der Waals surface area contributed by atoms with Gasteiger partial charge in [-0.3, -0.25) is 14.0 Å². The SMILES string of the molecule is Cc1ccc2nc(CNc3ccc(Cl)cc3NC(=O)c3ccco3)cc(=O)n2c1. The van der Waals surface area contributed by atoms with Gasteiger partial charge in [0.1, 0.15) is 5.65 Å². The van der Waals surface area contributed by atoms with E-state index in [1.54, 1.807) is 42.6 Å². The Morgan fingerprint density at radius 3 is 2.83 bits per heavy atom. The lowest BCUT2D eigenvalue weighted by Crippen LogP contribution is -2.17. The standard InChI is InChI=1S/C21H17ClN4O3/c1-13-4-7-19-24-15(10-20(27)26(19)12-13)11-23-16-6-5-14(22)9-17(16)25-21(28)18-3-2-8-29-18/h2-10,12,23H,11H2,1H3,(H,25,28). The van der Waals surface area contributed by atoms with Crippen LogP contribution in [0, 0.1) is 6.92 Å². The molecule has 0 saturated heterocycles. The number of carbonyl (C=O) groups is 1. The van der Waals surface area contributed by atoms with Crippen LogP contribution in [-0.4, -0.2) is 15.3 Å². The van der Waals surface area contributed by atoms with Gasteiger partial charge in [-0.1, -0.05) is 17.7 Å². The molecule has 1 aromatic carbocycles. The van der Waals surface area contributed by atoms with Gasteiger partial charge in [-0.15, -0.1) is 0 Å². The maximum absolute atomic E-state index is 12.4. The van der Waals surface area contributed by atoms with E-state index in [1.165, 1.54) is 16.7 Å². The summed E-state index contributed by atoms with van der Waals surface area (Å²) < 4.78 is 6.63. The third kappa shape index (κ3) is 4.14. The second kappa shape index (κ2) is 7.81. The second-order valence-electron chi connectivity index (χ2n) is 6.50. The van der Waals surface area contributed by atoms with Crippen molar-refractivity contribution in [1.82, 2.24) is 9.38 Å². The molecule has 7 nitrogen and oxygen atoms in total. The first-order chi connectivity index (χ1) is 14.0. The molecule has 0 radical (unpaired) electrons. The maximum atomic E-state index is 12.4. The van der Waals surface area contributed by atoms with E-state index in [2.05, 4.69) is 15.6 Å². The Hall–Kier alpha value is -3.58. The van der Waals surface area contributed by atoms with Crippen LogP contribution in [0.2, 0.25) is 5.02 Å². The summed E-state index contributed by atoms with van der Waals surface area (Å²) in [4.78, 5) is 29.2. The highest BCUT2D eigenvalue weighted by Crippen LogP contribution is 2.27. The monoisotopic (exact) mass is 408 g/mol. The Morgan fingerprint density at radius 2 is 2.03 bits per heavy atom. The van der Waals surface area contributed by atoms with E-state index in [0.29, 0.717) is 34.3 Å². The topological polar surface area (TPSA) is 88.6 Å². The number of aromatic nitrogens is 2. The van der Waals surface area contributed by atoms with Gasteiger partial charge in [0.15, 0.2) is 5.76 Å². The molecule has 3 aromatic heterocycles. The van der Waals surface area contributed by atoms with Crippen LogP contribution in [0.1, 0.15) is 21.8 Å². The molecular weight excluding hydrogens is 392 g/mol. The van der Waals surface area contributed by atoms with Crippen LogP contribution < -0.4 is 16.2 Å². The van der Waals surface area contributed by atoms with Gasteiger partial charge in [-0.2, -0.15) is 0 Å². The summed E-state index contributed by atoms with van der Waals surface area (Å²) in [5.74, 6) is -0.201. The highest BCUT2D eigenvalue weighted by Gasteiger charge is 2.12. The molecule has 0 unspecified atom stereocenters. The van der Waals surface area contributed by atoms with Crippen molar-refractivity contribution in [3.05, 3.63) is 93.4 Å². The maximum Gasteiger partial charge on any atom is 0.291 e. The predicted molar refractivity (Wildman–Crippen MR) is 112 cm³/mol. The Balaban J connectivity index is 1.57. The number of pyridine rings is 1. The normalized spacial score (nSPS) is 10.8. The minimum atomic E-state index is -0.391.